The molecule has 0 fully saturated rings. The van der Waals surface area contributed by atoms with Crippen molar-refractivity contribution < 1.29 is 0 Å². The number of H-pyrrole nitrogens is 2. The normalized spacial score (nSPS) is 11.3. The molecule has 6 rings (SSSR count). The van der Waals surface area contributed by atoms with Gasteiger partial charge < -0.3 is 4.98 Å². The molecule has 6 aromatic rings. The van der Waals surface area contributed by atoms with E-state index in [1.54, 1.807) is 24.8 Å². The number of aromatic amines is 2. The summed E-state index contributed by atoms with van der Waals surface area (Å²) in [6, 6.07) is 14.1. The van der Waals surface area contributed by atoms with Gasteiger partial charge in [0.2, 0.25) is 0 Å². The number of hydrogen-bond donors (Lipinski definition) is 2. The lowest BCUT2D eigenvalue weighted by atomic mass is 10.0. The minimum atomic E-state index is 0.697. The minimum absolute atomic E-state index is 0.697. The molecular weight excluding hydrogens is 374 g/mol. The molecule has 0 bridgehead atoms. The van der Waals surface area contributed by atoms with Crippen molar-refractivity contribution in [1.29, 1.82) is 0 Å². The van der Waals surface area contributed by atoms with Crippen molar-refractivity contribution in [2.75, 3.05) is 0 Å². The van der Waals surface area contributed by atoms with Crippen molar-refractivity contribution in [3.8, 4) is 33.8 Å². The molecule has 0 saturated carbocycles. The molecular formula is C23H15N7. The number of nitrogens with zero attached hydrogens (tertiary/aromatic N) is 5. The summed E-state index contributed by atoms with van der Waals surface area (Å²) < 4.78 is 0. The van der Waals surface area contributed by atoms with E-state index in [2.05, 4.69) is 42.3 Å². The molecule has 0 aliphatic rings. The number of imidazole rings is 1. The van der Waals surface area contributed by atoms with Gasteiger partial charge in [-0.1, -0.05) is 12.1 Å². The van der Waals surface area contributed by atoms with Gasteiger partial charge in [-0.15, -0.1) is 0 Å². The van der Waals surface area contributed by atoms with Crippen molar-refractivity contribution in [2.45, 2.75) is 0 Å². The van der Waals surface area contributed by atoms with Crippen molar-refractivity contribution >= 4 is 21.9 Å². The van der Waals surface area contributed by atoms with Crippen LogP contribution in [0, 0.1) is 0 Å². The standard InChI is InChI=1S/C23H15N7/c1-2-16(11-25-7-1)15-3-4-19-17(10-15)22(30-29-19)23-27-20-13-26-12-18(21(20)28-23)14-5-8-24-9-6-14/h1-13H,(H,27,28)(H,29,30). The highest BCUT2D eigenvalue weighted by molar-refractivity contribution is 5.97. The van der Waals surface area contributed by atoms with Gasteiger partial charge in [0.25, 0.3) is 0 Å². The van der Waals surface area contributed by atoms with Crippen LogP contribution in [-0.4, -0.2) is 35.1 Å². The van der Waals surface area contributed by atoms with E-state index in [4.69, 9.17) is 4.98 Å². The molecule has 142 valence electrons. The summed E-state index contributed by atoms with van der Waals surface area (Å²) in [5.74, 6) is 0.697. The average Bonchev–Trinajstić information content (AvgIpc) is 3.43. The Morgan fingerprint density at radius 1 is 0.700 bits per heavy atom. The maximum Gasteiger partial charge on any atom is 0.159 e. The second-order valence-electron chi connectivity index (χ2n) is 6.98. The lowest BCUT2D eigenvalue weighted by Gasteiger charge is -2.01. The van der Waals surface area contributed by atoms with Crippen molar-refractivity contribution in [1.82, 2.24) is 35.1 Å². The lowest BCUT2D eigenvalue weighted by molar-refractivity contribution is 1.11. The Morgan fingerprint density at radius 2 is 1.63 bits per heavy atom. The molecule has 0 aliphatic heterocycles. The van der Waals surface area contributed by atoms with Crippen LogP contribution in [-0.2, 0) is 0 Å². The fraction of sp³-hybridized carbons (Fsp3) is 0. The van der Waals surface area contributed by atoms with Gasteiger partial charge in [0.05, 0.1) is 22.7 Å². The van der Waals surface area contributed by atoms with Crippen LogP contribution in [0.3, 0.4) is 0 Å². The molecule has 0 amide bonds. The monoisotopic (exact) mass is 389 g/mol. The zero-order chi connectivity index (χ0) is 19.9. The van der Waals surface area contributed by atoms with Crippen LogP contribution in [0.1, 0.15) is 0 Å². The Kier molecular flexibility index (Phi) is 3.64. The highest BCUT2D eigenvalue weighted by Crippen LogP contribution is 2.32. The predicted molar refractivity (Wildman–Crippen MR) is 115 cm³/mol. The summed E-state index contributed by atoms with van der Waals surface area (Å²) in [7, 11) is 0. The summed E-state index contributed by atoms with van der Waals surface area (Å²) in [6.45, 7) is 0. The van der Waals surface area contributed by atoms with E-state index >= 15 is 0 Å². The topological polar surface area (TPSA) is 96.0 Å². The largest absolute Gasteiger partial charge is 0.335 e. The zero-order valence-corrected chi connectivity index (χ0v) is 15.7. The molecule has 1 aromatic carbocycles. The predicted octanol–water partition coefficient (Wildman–Crippen LogP) is 4.63. The fourth-order valence-corrected chi connectivity index (χ4v) is 3.70. The Balaban J connectivity index is 1.52. The SMILES string of the molecule is c1cncc(-c2ccc3[nH]nc(-c4nc5c(-c6ccncc6)cncc5[nH]4)c3c2)c1. The third-order valence-electron chi connectivity index (χ3n) is 5.17. The summed E-state index contributed by atoms with van der Waals surface area (Å²) in [6.07, 6.45) is 10.8. The first-order chi connectivity index (χ1) is 14.9. The van der Waals surface area contributed by atoms with Crippen LogP contribution in [0.4, 0.5) is 0 Å². The number of benzene rings is 1. The molecule has 0 saturated heterocycles. The van der Waals surface area contributed by atoms with Crippen LogP contribution in [0.25, 0.3) is 55.7 Å². The first-order valence-corrected chi connectivity index (χ1v) is 9.50. The van der Waals surface area contributed by atoms with Crippen LogP contribution < -0.4 is 0 Å². The van der Waals surface area contributed by atoms with Gasteiger partial charge in [-0.2, -0.15) is 5.10 Å². The number of rotatable bonds is 3. The van der Waals surface area contributed by atoms with Crippen LogP contribution in [0.5, 0.6) is 0 Å². The molecule has 5 aromatic heterocycles. The lowest BCUT2D eigenvalue weighted by Crippen LogP contribution is -1.84. The van der Waals surface area contributed by atoms with E-state index in [0.29, 0.717) is 5.82 Å². The number of nitrogens with one attached hydrogen (secondary N) is 2. The van der Waals surface area contributed by atoms with Crippen molar-refractivity contribution in [2.24, 2.45) is 0 Å². The van der Waals surface area contributed by atoms with Crippen molar-refractivity contribution in [3.63, 3.8) is 0 Å². The second-order valence-corrected chi connectivity index (χ2v) is 6.98. The first-order valence-electron chi connectivity index (χ1n) is 9.50. The third-order valence-corrected chi connectivity index (χ3v) is 5.17. The average molecular weight is 389 g/mol. The van der Waals surface area contributed by atoms with Gasteiger partial charge in [-0.3, -0.25) is 20.1 Å². The number of hydrogen-bond acceptors (Lipinski definition) is 5. The molecule has 0 unspecified atom stereocenters. The zero-order valence-electron chi connectivity index (χ0n) is 15.7. The molecule has 5 heterocycles. The summed E-state index contributed by atoms with van der Waals surface area (Å²) in [5.41, 5.74) is 7.54. The van der Waals surface area contributed by atoms with Gasteiger partial charge in [0.1, 0.15) is 5.69 Å². The van der Waals surface area contributed by atoms with Crippen LogP contribution in [0.15, 0.2) is 79.6 Å². The van der Waals surface area contributed by atoms with E-state index < -0.39 is 0 Å². The second kappa shape index (κ2) is 6.59. The van der Waals surface area contributed by atoms with Crippen LogP contribution >= 0.6 is 0 Å². The highest BCUT2D eigenvalue weighted by Gasteiger charge is 2.16. The van der Waals surface area contributed by atoms with E-state index in [9.17, 15) is 0 Å². The van der Waals surface area contributed by atoms with Crippen LogP contribution in [0.2, 0.25) is 0 Å². The molecule has 2 N–H and O–H groups in total. The van der Waals surface area contributed by atoms with Crippen molar-refractivity contribution in [3.05, 3.63) is 79.6 Å². The van der Waals surface area contributed by atoms with E-state index in [-0.39, 0.29) is 0 Å². The maximum atomic E-state index is 4.87. The van der Waals surface area contributed by atoms with Gasteiger partial charge in [0.15, 0.2) is 5.82 Å². The van der Waals surface area contributed by atoms with Gasteiger partial charge in [0, 0.05) is 47.5 Å². The smallest absolute Gasteiger partial charge is 0.159 e. The first kappa shape index (κ1) is 16.6. The molecule has 0 aliphatic carbocycles. The summed E-state index contributed by atoms with van der Waals surface area (Å²) >= 11 is 0. The molecule has 7 heteroatoms. The van der Waals surface area contributed by atoms with Gasteiger partial charge in [-0.05, 0) is 41.5 Å². The third kappa shape index (κ3) is 2.64. The molecule has 7 nitrogen and oxygen atoms in total. The fourth-order valence-electron chi connectivity index (χ4n) is 3.70. The van der Waals surface area contributed by atoms with E-state index in [1.807, 2.05) is 42.7 Å². The Morgan fingerprint density at radius 3 is 2.50 bits per heavy atom. The maximum absolute atomic E-state index is 4.87. The molecule has 0 spiro atoms. The summed E-state index contributed by atoms with van der Waals surface area (Å²) in [5, 5.41) is 8.63. The van der Waals surface area contributed by atoms with Gasteiger partial charge in [-0.25, -0.2) is 4.98 Å². The molecule has 30 heavy (non-hydrogen) atoms. The van der Waals surface area contributed by atoms with Gasteiger partial charge >= 0.3 is 0 Å². The number of pyridine rings is 3. The van der Waals surface area contributed by atoms with E-state index in [1.165, 1.54) is 0 Å². The highest BCUT2D eigenvalue weighted by atomic mass is 15.1. The quantitative estimate of drug-likeness (QED) is 0.460. The molecule has 0 atom stereocenters. The Labute approximate surface area is 170 Å². The minimum Gasteiger partial charge on any atom is -0.335 e. The number of fused-ring (bicyclic) bond motifs is 2. The Bertz CT molecular complexity index is 1480. The number of aromatic nitrogens is 7. The van der Waals surface area contributed by atoms with E-state index in [0.717, 1.165) is 49.9 Å². The molecule has 0 radical (unpaired) electrons. The Hall–Kier alpha value is -4.39. The summed E-state index contributed by atoms with van der Waals surface area (Å²) in [4.78, 5) is 20.9.